The summed E-state index contributed by atoms with van der Waals surface area (Å²) in [5, 5.41) is 0.0660. The molecule has 2 aliphatic heterocycles. The van der Waals surface area contributed by atoms with Crippen LogP contribution in [0.1, 0.15) is 20.3 Å². The van der Waals surface area contributed by atoms with Crippen LogP contribution in [0, 0.1) is 0 Å². The zero-order chi connectivity index (χ0) is 19.4. The van der Waals surface area contributed by atoms with Gasteiger partial charge in [-0.2, -0.15) is 0 Å². The van der Waals surface area contributed by atoms with Crippen LogP contribution in [-0.2, 0) is 9.53 Å². The molecule has 7 heteroatoms. The van der Waals surface area contributed by atoms with Crippen LogP contribution >= 0.6 is 11.8 Å². The number of nitrogens with two attached hydrogens (primary N) is 1. The van der Waals surface area contributed by atoms with Crippen LogP contribution in [0.15, 0.2) is 33.2 Å². The first kappa shape index (κ1) is 20.9. The van der Waals surface area contributed by atoms with Crippen molar-refractivity contribution in [3.8, 4) is 0 Å². The van der Waals surface area contributed by atoms with E-state index in [1.54, 1.807) is 0 Å². The predicted molar refractivity (Wildman–Crippen MR) is 108 cm³/mol. The van der Waals surface area contributed by atoms with Crippen LogP contribution < -0.4 is 5.73 Å². The van der Waals surface area contributed by atoms with Gasteiger partial charge in [0.15, 0.2) is 6.29 Å². The Morgan fingerprint density at radius 1 is 1.23 bits per heavy atom. The molecule has 2 aliphatic rings. The minimum Gasteiger partial charge on any atom is -0.490 e. The van der Waals surface area contributed by atoms with Crippen molar-refractivity contribution in [2.45, 2.75) is 25.6 Å². The molecule has 0 aromatic rings. The van der Waals surface area contributed by atoms with E-state index in [1.165, 1.54) is 11.8 Å². The van der Waals surface area contributed by atoms with Crippen LogP contribution in [0.4, 0.5) is 0 Å². The van der Waals surface area contributed by atoms with Gasteiger partial charge >= 0.3 is 0 Å². The molecule has 0 aromatic heterocycles. The molecule has 0 saturated heterocycles. The Morgan fingerprint density at radius 3 is 2.54 bits per heavy atom. The largest absolute Gasteiger partial charge is 0.490 e. The summed E-state index contributed by atoms with van der Waals surface area (Å²) in [5.74, 6) is 0.885. The Morgan fingerprint density at radius 2 is 1.92 bits per heavy atom. The normalized spacial score (nSPS) is 20.6. The quantitative estimate of drug-likeness (QED) is 0.612. The highest BCUT2D eigenvalue weighted by Crippen LogP contribution is 2.46. The molecule has 2 N–H and O–H groups in total. The van der Waals surface area contributed by atoms with Crippen LogP contribution in [0.25, 0.3) is 0 Å². The van der Waals surface area contributed by atoms with Gasteiger partial charge in [-0.3, -0.25) is 4.79 Å². The van der Waals surface area contributed by atoms with Crippen LogP contribution in [-0.4, -0.2) is 80.8 Å². The maximum atomic E-state index is 11.3. The second-order valence-corrected chi connectivity index (χ2v) is 8.36. The van der Waals surface area contributed by atoms with Crippen LogP contribution in [0.2, 0.25) is 0 Å². The van der Waals surface area contributed by atoms with Crippen molar-refractivity contribution < 1.29 is 9.53 Å². The Kier molecular flexibility index (Phi) is 7.20. The summed E-state index contributed by atoms with van der Waals surface area (Å²) in [6.07, 6.45) is 2.00. The number of allylic oxidation sites excluding steroid dienone is 3. The second-order valence-electron chi connectivity index (χ2n) is 7.24. The first-order chi connectivity index (χ1) is 12.3. The summed E-state index contributed by atoms with van der Waals surface area (Å²) in [6, 6.07) is 0. The number of rotatable bonds is 9. The number of fused-ring (bicyclic) bond motifs is 1. The molecule has 26 heavy (non-hydrogen) atoms. The van der Waals surface area contributed by atoms with E-state index in [9.17, 15) is 4.79 Å². The molecule has 2 heterocycles. The van der Waals surface area contributed by atoms with Gasteiger partial charge in [-0.1, -0.05) is 11.8 Å². The Balaban J connectivity index is 2.00. The second kappa shape index (κ2) is 8.97. The fourth-order valence-corrected chi connectivity index (χ4v) is 4.55. The number of thioether (sulfide) groups is 1. The monoisotopic (exact) mass is 380 g/mol. The number of aldehydes is 1. The van der Waals surface area contributed by atoms with Gasteiger partial charge in [0, 0.05) is 24.7 Å². The van der Waals surface area contributed by atoms with Gasteiger partial charge in [0.1, 0.15) is 17.7 Å². The minimum absolute atomic E-state index is 0.0660. The maximum Gasteiger partial charge on any atom is 0.158 e. The number of hydrogen-bond donors (Lipinski definition) is 1. The van der Waals surface area contributed by atoms with Gasteiger partial charge in [0.2, 0.25) is 0 Å². The van der Waals surface area contributed by atoms with Crippen molar-refractivity contribution in [3.05, 3.63) is 33.2 Å². The van der Waals surface area contributed by atoms with Crippen molar-refractivity contribution in [2.75, 3.05) is 54.4 Å². The summed E-state index contributed by atoms with van der Waals surface area (Å²) in [4.78, 5) is 18.5. The average Bonchev–Trinajstić information content (AvgIpc) is 2.92. The van der Waals surface area contributed by atoms with Crippen LogP contribution in [0.5, 0.6) is 0 Å². The smallest absolute Gasteiger partial charge is 0.158 e. The minimum atomic E-state index is 0.0660. The van der Waals surface area contributed by atoms with E-state index < -0.39 is 0 Å². The molecular formula is C19H32N4O2S. The summed E-state index contributed by atoms with van der Waals surface area (Å²) in [5.41, 5.74) is 9.94. The Bertz CT molecular complexity index is 639. The van der Waals surface area contributed by atoms with Gasteiger partial charge in [0.05, 0.1) is 16.3 Å². The molecule has 0 spiro atoms. The van der Waals surface area contributed by atoms with E-state index in [0.29, 0.717) is 17.2 Å². The molecule has 0 fully saturated rings. The fourth-order valence-electron chi connectivity index (χ4n) is 3.27. The van der Waals surface area contributed by atoms with E-state index in [4.69, 9.17) is 10.5 Å². The topological polar surface area (TPSA) is 62.0 Å². The van der Waals surface area contributed by atoms with E-state index in [0.717, 1.165) is 54.9 Å². The highest BCUT2D eigenvalue weighted by Gasteiger charge is 2.38. The van der Waals surface area contributed by atoms with E-state index in [-0.39, 0.29) is 5.37 Å². The Hall–Kier alpha value is -1.44. The van der Waals surface area contributed by atoms with Gasteiger partial charge in [0.25, 0.3) is 0 Å². The van der Waals surface area contributed by atoms with E-state index in [2.05, 4.69) is 42.8 Å². The first-order valence-corrected chi connectivity index (χ1v) is 9.88. The highest BCUT2D eigenvalue weighted by molar-refractivity contribution is 8.05. The lowest BCUT2D eigenvalue weighted by molar-refractivity contribution is -0.104. The lowest BCUT2D eigenvalue weighted by atomic mass is 9.99. The zero-order valence-corrected chi connectivity index (χ0v) is 17.7. The van der Waals surface area contributed by atoms with Crippen molar-refractivity contribution in [1.82, 2.24) is 14.7 Å². The summed E-state index contributed by atoms with van der Waals surface area (Å²) < 4.78 is 6.15. The standard InChI is InChI=1S/C19H32N4O2S/c1-13-16-17(20)15(12-24)26-19(16)23(6)14(2)18(13)25-11-10-22(5)9-7-8-21(3)4/h12,19H,7-11,20H2,1-6H3. The van der Waals surface area contributed by atoms with Crippen molar-refractivity contribution in [2.24, 2.45) is 5.73 Å². The molecule has 0 radical (unpaired) electrons. The number of hydrogen-bond acceptors (Lipinski definition) is 7. The number of carbonyl (C=O) groups excluding carboxylic acids is 1. The highest BCUT2D eigenvalue weighted by atomic mass is 32.2. The molecule has 2 rings (SSSR count). The van der Waals surface area contributed by atoms with Crippen molar-refractivity contribution >= 4 is 18.0 Å². The van der Waals surface area contributed by atoms with E-state index in [1.807, 2.05) is 14.0 Å². The summed E-state index contributed by atoms with van der Waals surface area (Å²) in [6.45, 7) is 7.75. The lowest BCUT2D eigenvalue weighted by Gasteiger charge is -2.35. The predicted octanol–water partition coefficient (Wildman–Crippen LogP) is 1.82. The SMILES string of the molecule is CC1=C2C(N)=C(C=O)SC2N(C)C(C)=C1OCCN(C)CCCN(C)C. The average molecular weight is 381 g/mol. The molecular weight excluding hydrogens is 348 g/mol. The van der Waals surface area contributed by atoms with Gasteiger partial charge in [-0.05, 0) is 54.5 Å². The number of nitrogens with zero attached hydrogens (tertiary/aromatic N) is 3. The summed E-state index contributed by atoms with van der Waals surface area (Å²) >= 11 is 1.51. The molecule has 0 aromatic carbocycles. The van der Waals surface area contributed by atoms with Crippen molar-refractivity contribution in [3.63, 3.8) is 0 Å². The number of carbonyl (C=O) groups is 1. The van der Waals surface area contributed by atoms with Crippen molar-refractivity contribution in [1.29, 1.82) is 0 Å². The lowest BCUT2D eigenvalue weighted by Crippen LogP contribution is -2.34. The molecule has 0 aliphatic carbocycles. The molecule has 0 saturated carbocycles. The molecule has 0 bridgehead atoms. The Labute approximate surface area is 161 Å². The van der Waals surface area contributed by atoms with Crippen LogP contribution in [0.3, 0.4) is 0 Å². The molecule has 1 unspecified atom stereocenters. The molecule has 146 valence electrons. The van der Waals surface area contributed by atoms with E-state index >= 15 is 0 Å². The van der Waals surface area contributed by atoms with Gasteiger partial charge in [-0.25, -0.2) is 0 Å². The first-order valence-electron chi connectivity index (χ1n) is 9.00. The third kappa shape index (κ3) is 4.45. The van der Waals surface area contributed by atoms with Gasteiger partial charge in [-0.15, -0.1) is 0 Å². The maximum absolute atomic E-state index is 11.3. The fraction of sp³-hybridized carbons (Fsp3) is 0.632. The summed E-state index contributed by atoms with van der Waals surface area (Å²) in [7, 11) is 8.34. The number of ether oxygens (including phenoxy) is 1. The number of likely N-dealkylation sites (N-methyl/N-ethyl adjacent to an activating group) is 2. The zero-order valence-electron chi connectivity index (χ0n) is 16.8. The molecule has 0 amide bonds. The third-order valence-corrected chi connectivity index (χ3v) is 6.31. The third-order valence-electron chi connectivity index (χ3n) is 4.97. The van der Waals surface area contributed by atoms with Gasteiger partial charge < -0.3 is 25.2 Å². The molecule has 6 nitrogen and oxygen atoms in total. The molecule has 1 atom stereocenters.